The van der Waals surface area contributed by atoms with Gasteiger partial charge in [0.25, 0.3) is 0 Å². The molecular formula is C79H51N3. The zero-order chi connectivity index (χ0) is 53.9. The van der Waals surface area contributed by atoms with E-state index >= 15 is 0 Å². The van der Waals surface area contributed by atoms with Crippen LogP contribution in [0.1, 0.15) is 22.3 Å². The predicted octanol–water partition coefficient (Wildman–Crippen LogP) is 20.7. The van der Waals surface area contributed by atoms with E-state index in [0.717, 1.165) is 45.0 Å². The van der Waals surface area contributed by atoms with Gasteiger partial charge in [-0.1, -0.05) is 231 Å². The Kier molecular flexibility index (Phi) is 10.2. The van der Waals surface area contributed by atoms with Crippen molar-refractivity contribution in [2.75, 3.05) is 4.90 Å². The SMILES string of the molecule is c1ccc(-c2ccc(-c3ccccc3N(c3ccc(-c4ccc5c(c4)C4(c6ccccc6-5)c5ccccc5-n5c6ccccc6c6cccc4c65)cc3)c3ccc(-c4ccc5c(c4)c4ccccc4n5-c4ccccc4)cc3)cc2)cc1. The molecule has 1 aliphatic carbocycles. The van der Waals surface area contributed by atoms with E-state index in [1.165, 1.54) is 105 Å². The van der Waals surface area contributed by atoms with Crippen molar-refractivity contribution in [2.24, 2.45) is 0 Å². The second-order valence-corrected chi connectivity index (χ2v) is 21.9. The minimum Gasteiger partial charge on any atom is -0.310 e. The molecule has 3 heteroatoms. The highest BCUT2D eigenvalue weighted by Crippen LogP contribution is 2.61. The van der Waals surface area contributed by atoms with Crippen LogP contribution < -0.4 is 4.90 Å². The Balaban J connectivity index is 0.795. The number of anilines is 3. The van der Waals surface area contributed by atoms with Gasteiger partial charge in [0.15, 0.2) is 0 Å². The fourth-order valence-electron chi connectivity index (χ4n) is 14.2. The molecule has 13 aromatic carbocycles. The summed E-state index contributed by atoms with van der Waals surface area (Å²) in [7, 11) is 0. The second-order valence-electron chi connectivity index (χ2n) is 21.9. The molecule has 3 heterocycles. The van der Waals surface area contributed by atoms with E-state index in [1.54, 1.807) is 0 Å². The molecule has 0 amide bonds. The molecule has 2 aromatic heterocycles. The molecule has 1 aliphatic heterocycles. The summed E-state index contributed by atoms with van der Waals surface area (Å²) >= 11 is 0. The van der Waals surface area contributed by atoms with E-state index in [1.807, 2.05) is 0 Å². The molecule has 0 radical (unpaired) electrons. The van der Waals surface area contributed by atoms with Crippen molar-refractivity contribution in [2.45, 2.75) is 5.41 Å². The van der Waals surface area contributed by atoms with Gasteiger partial charge in [-0.25, -0.2) is 0 Å². The van der Waals surface area contributed by atoms with Crippen LogP contribution in [0.4, 0.5) is 17.1 Å². The van der Waals surface area contributed by atoms with Crippen LogP contribution in [0, 0.1) is 0 Å². The molecule has 1 spiro atoms. The van der Waals surface area contributed by atoms with Crippen LogP contribution in [0.25, 0.3) is 111 Å². The van der Waals surface area contributed by atoms with Crippen LogP contribution in [-0.4, -0.2) is 9.13 Å². The fourth-order valence-corrected chi connectivity index (χ4v) is 14.2. The van der Waals surface area contributed by atoms with Crippen LogP contribution in [0.5, 0.6) is 0 Å². The summed E-state index contributed by atoms with van der Waals surface area (Å²) < 4.78 is 4.90. The first-order valence-corrected chi connectivity index (χ1v) is 28.4. The molecule has 3 nitrogen and oxygen atoms in total. The number of aromatic nitrogens is 2. The van der Waals surface area contributed by atoms with E-state index in [-0.39, 0.29) is 0 Å². The molecule has 2 aliphatic rings. The van der Waals surface area contributed by atoms with E-state index < -0.39 is 5.41 Å². The summed E-state index contributed by atoms with van der Waals surface area (Å²) in [5.74, 6) is 0. The molecule has 15 aromatic rings. The monoisotopic (exact) mass is 1040 g/mol. The Morgan fingerprint density at radius 2 is 0.732 bits per heavy atom. The quantitative estimate of drug-likeness (QED) is 0.148. The number of nitrogens with zero attached hydrogens (tertiary/aromatic N) is 3. The first kappa shape index (κ1) is 46.2. The molecule has 1 unspecified atom stereocenters. The van der Waals surface area contributed by atoms with E-state index in [9.17, 15) is 0 Å². The lowest BCUT2D eigenvalue weighted by atomic mass is 9.65. The van der Waals surface area contributed by atoms with Gasteiger partial charge in [-0.2, -0.15) is 0 Å². The third-order valence-corrected chi connectivity index (χ3v) is 17.7. The van der Waals surface area contributed by atoms with Crippen LogP contribution in [-0.2, 0) is 5.41 Å². The van der Waals surface area contributed by atoms with Gasteiger partial charge >= 0.3 is 0 Å². The number of hydrogen-bond donors (Lipinski definition) is 0. The molecular weight excluding hydrogens is 991 g/mol. The van der Waals surface area contributed by atoms with Gasteiger partial charge in [0.05, 0.1) is 38.9 Å². The van der Waals surface area contributed by atoms with E-state index in [0.29, 0.717) is 0 Å². The Morgan fingerprint density at radius 1 is 0.256 bits per heavy atom. The zero-order valence-electron chi connectivity index (χ0n) is 44.8. The van der Waals surface area contributed by atoms with Crippen molar-refractivity contribution in [3.8, 4) is 67.0 Å². The Labute approximate surface area is 476 Å². The highest BCUT2D eigenvalue weighted by Gasteiger charge is 2.51. The maximum atomic E-state index is 2.52. The summed E-state index contributed by atoms with van der Waals surface area (Å²) in [5.41, 5.74) is 27.3. The highest BCUT2D eigenvalue weighted by molar-refractivity contribution is 6.13. The number of rotatable bonds is 8. The molecule has 0 N–H and O–H groups in total. The van der Waals surface area contributed by atoms with Gasteiger partial charge in [-0.05, 0) is 151 Å². The fraction of sp³-hybridized carbons (Fsp3) is 0.0127. The Hall–Kier alpha value is -10.7. The average molecular weight is 1040 g/mol. The van der Waals surface area contributed by atoms with Gasteiger partial charge < -0.3 is 14.0 Å². The zero-order valence-corrected chi connectivity index (χ0v) is 44.8. The van der Waals surface area contributed by atoms with E-state index in [4.69, 9.17) is 0 Å². The first-order valence-electron chi connectivity index (χ1n) is 28.4. The second kappa shape index (κ2) is 18.2. The number of fused-ring (bicyclic) bond motifs is 15. The van der Waals surface area contributed by atoms with Crippen LogP contribution in [0.3, 0.4) is 0 Å². The molecule has 1 atom stereocenters. The molecule has 82 heavy (non-hydrogen) atoms. The van der Waals surface area contributed by atoms with Gasteiger partial charge in [0, 0.05) is 44.2 Å². The summed E-state index contributed by atoms with van der Waals surface area (Å²) in [6.07, 6.45) is 0. The van der Waals surface area contributed by atoms with Crippen LogP contribution in [0.15, 0.2) is 309 Å². The van der Waals surface area contributed by atoms with Crippen molar-refractivity contribution in [3.05, 3.63) is 332 Å². The molecule has 0 saturated heterocycles. The normalized spacial score (nSPS) is 13.9. The predicted molar refractivity (Wildman–Crippen MR) is 342 cm³/mol. The smallest absolute Gasteiger partial charge is 0.0754 e. The van der Waals surface area contributed by atoms with Crippen LogP contribution >= 0.6 is 0 Å². The topological polar surface area (TPSA) is 13.1 Å². The Morgan fingerprint density at radius 3 is 1.48 bits per heavy atom. The number of hydrogen-bond acceptors (Lipinski definition) is 1. The molecule has 0 saturated carbocycles. The summed E-state index contributed by atoms with van der Waals surface area (Å²) in [6.45, 7) is 0. The maximum absolute atomic E-state index is 2.52. The first-order chi connectivity index (χ1) is 40.7. The Bertz CT molecular complexity index is 5010. The van der Waals surface area contributed by atoms with Crippen molar-refractivity contribution < 1.29 is 0 Å². The van der Waals surface area contributed by atoms with Crippen molar-refractivity contribution in [1.82, 2.24) is 9.13 Å². The van der Waals surface area contributed by atoms with Crippen molar-refractivity contribution in [1.29, 1.82) is 0 Å². The lowest BCUT2D eigenvalue weighted by Crippen LogP contribution is -2.33. The summed E-state index contributed by atoms with van der Waals surface area (Å²) in [6, 6.07) is 115. The van der Waals surface area contributed by atoms with Gasteiger partial charge in [-0.3, -0.25) is 0 Å². The molecule has 17 rings (SSSR count). The van der Waals surface area contributed by atoms with Crippen molar-refractivity contribution in [3.63, 3.8) is 0 Å². The molecule has 382 valence electrons. The minimum absolute atomic E-state index is 0.527. The van der Waals surface area contributed by atoms with Crippen molar-refractivity contribution >= 4 is 60.7 Å². The molecule has 0 bridgehead atoms. The van der Waals surface area contributed by atoms with E-state index in [2.05, 4.69) is 323 Å². The van der Waals surface area contributed by atoms with Crippen LogP contribution in [0.2, 0.25) is 0 Å². The summed E-state index contributed by atoms with van der Waals surface area (Å²) in [4.78, 5) is 2.43. The average Bonchev–Trinajstić information content (AvgIpc) is 1.88. The lowest BCUT2D eigenvalue weighted by Gasteiger charge is -2.39. The van der Waals surface area contributed by atoms with Gasteiger partial charge in [-0.15, -0.1) is 0 Å². The highest BCUT2D eigenvalue weighted by atomic mass is 15.1. The summed E-state index contributed by atoms with van der Waals surface area (Å²) in [5, 5.41) is 5.05. The van der Waals surface area contributed by atoms with Gasteiger partial charge in [0.2, 0.25) is 0 Å². The molecule has 0 fully saturated rings. The lowest BCUT2D eigenvalue weighted by molar-refractivity contribution is 0.749. The standard InChI is InChI=1S/C79H51N3/c1-3-18-52(19-4-1)53-34-36-56(37-35-53)62-22-8-13-30-73(62)80(60-44-38-54(39-45-60)57-43-49-76-68(50-57)66-25-10-14-31-74(66)81(76)59-20-5-2-6-21-59)61-46-40-55(41-47-61)58-42-48-64-63-23-7-11-27-69(63)79(72(64)51-58)70-28-12-16-33-77(70)82-75-32-15-9-24-65(75)67-26-17-29-71(79)78(67)82/h1-51H. The number of para-hydroxylation sites is 6. The largest absolute Gasteiger partial charge is 0.310 e. The number of benzene rings is 13. The minimum atomic E-state index is -0.527. The van der Waals surface area contributed by atoms with Gasteiger partial charge in [0.1, 0.15) is 0 Å². The third kappa shape index (κ3) is 6.77. The maximum Gasteiger partial charge on any atom is 0.0754 e. The third-order valence-electron chi connectivity index (χ3n) is 17.7.